The first-order valence-electron chi connectivity index (χ1n) is 8.87. The Morgan fingerprint density at radius 3 is 2.85 bits per heavy atom. The summed E-state index contributed by atoms with van der Waals surface area (Å²) in [6.45, 7) is 2.19. The van der Waals surface area contributed by atoms with Crippen molar-refractivity contribution in [1.29, 1.82) is 0 Å². The maximum absolute atomic E-state index is 5.41. The minimum absolute atomic E-state index is 0.656. The molecule has 0 amide bonds. The lowest BCUT2D eigenvalue weighted by atomic mass is 10.1. The van der Waals surface area contributed by atoms with Crippen molar-refractivity contribution in [1.82, 2.24) is 19.6 Å². The highest BCUT2D eigenvalue weighted by Gasteiger charge is 2.25. The fraction of sp³-hybridized carbons (Fsp3) is 0.316. The van der Waals surface area contributed by atoms with Gasteiger partial charge in [-0.05, 0) is 23.8 Å². The van der Waals surface area contributed by atoms with Crippen LogP contribution in [0.1, 0.15) is 10.4 Å². The minimum atomic E-state index is 0.656. The molecule has 1 atom stereocenters. The first-order chi connectivity index (χ1) is 13.2. The second kappa shape index (κ2) is 6.17. The maximum Gasteiger partial charge on any atom is 0.182 e. The Labute approximate surface area is 160 Å². The average molecular weight is 382 g/mol. The van der Waals surface area contributed by atoms with Gasteiger partial charge in [0.15, 0.2) is 23.0 Å². The largest absolute Gasteiger partial charge is 0.493 e. The van der Waals surface area contributed by atoms with Crippen LogP contribution in [0.15, 0.2) is 24.5 Å². The fourth-order valence-electron chi connectivity index (χ4n) is 3.71. The van der Waals surface area contributed by atoms with Crippen molar-refractivity contribution >= 4 is 27.2 Å². The van der Waals surface area contributed by atoms with Crippen LogP contribution in [0.2, 0.25) is 0 Å². The van der Waals surface area contributed by atoms with E-state index in [-0.39, 0.29) is 0 Å². The van der Waals surface area contributed by atoms with E-state index < -0.39 is 0 Å². The topological polar surface area (TPSA) is 66.0 Å². The second-order valence-electron chi connectivity index (χ2n) is 6.84. The minimum Gasteiger partial charge on any atom is -0.493 e. The highest BCUT2D eigenvalue weighted by Crippen LogP contribution is 2.35. The van der Waals surface area contributed by atoms with E-state index in [4.69, 9.17) is 14.5 Å². The first kappa shape index (κ1) is 16.5. The lowest BCUT2D eigenvalue weighted by Gasteiger charge is -2.19. The summed E-state index contributed by atoms with van der Waals surface area (Å²) in [4.78, 5) is 13.5. The van der Waals surface area contributed by atoms with Crippen LogP contribution in [-0.2, 0) is 13.0 Å². The fourth-order valence-corrected chi connectivity index (χ4v) is 5.00. The number of ether oxygens (including phenoxy) is 2. The number of aromatic nitrogens is 4. The first-order valence-corrected chi connectivity index (χ1v) is 9.69. The van der Waals surface area contributed by atoms with Crippen molar-refractivity contribution < 1.29 is 14.4 Å². The van der Waals surface area contributed by atoms with Gasteiger partial charge < -0.3 is 14.4 Å². The number of thiophene rings is 1. The number of methoxy groups -OCH3 is 2. The molecule has 1 aliphatic rings. The van der Waals surface area contributed by atoms with Gasteiger partial charge in [0.2, 0.25) is 0 Å². The van der Waals surface area contributed by atoms with Crippen LogP contribution in [0.25, 0.3) is 27.3 Å². The number of benzene rings is 1. The van der Waals surface area contributed by atoms with Crippen molar-refractivity contribution in [3.63, 3.8) is 0 Å². The molecule has 7 nitrogen and oxygen atoms in total. The maximum atomic E-state index is 5.41. The lowest BCUT2D eigenvalue weighted by Crippen LogP contribution is -3.08. The van der Waals surface area contributed by atoms with Crippen molar-refractivity contribution in [2.75, 3.05) is 27.8 Å². The third-order valence-electron chi connectivity index (χ3n) is 5.12. The SMILES string of the molecule is COc1ccc(-c2nc3c4c5c(sc4ncn3n2)C[NH+](C)CC5)cc1OC. The molecule has 0 saturated carbocycles. The zero-order valence-corrected chi connectivity index (χ0v) is 16.3. The summed E-state index contributed by atoms with van der Waals surface area (Å²) in [5.41, 5.74) is 3.16. The van der Waals surface area contributed by atoms with Crippen LogP contribution in [0.5, 0.6) is 11.5 Å². The van der Waals surface area contributed by atoms with E-state index in [1.165, 1.54) is 15.3 Å². The second-order valence-corrected chi connectivity index (χ2v) is 7.92. The van der Waals surface area contributed by atoms with Gasteiger partial charge in [0, 0.05) is 12.0 Å². The van der Waals surface area contributed by atoms with E-state index in [9.17, 15) is 0 Å². The predicted octanol–water partition coefficient (Wildman–Crippen LogP) is 1.59. The summed E-state index contributed by atoms with van der Waals surface area (Å²) >= 11 is 1.78. The van der Waals surface area contributed by atoms with Crippen molar-refractivity contribution in [2.24, 2.45) is 0 Å². The summed E-state index contributed by atoms with van der Waals surface area (Å²) < 4.78 is 12.5. The van der Waals surface area contributed by atoms with Crippen LogP contribution < -0.4 is 14.4 Å². The number of nitrogens with one attached hydrogen (secondary N) is 1. The molecule has 138 valence electrons. The van der Waals surface area contributed by atoms with Gasteiger partial charge >= 0.3 is 0 Å². The number of rotatable bonds is 3. The number of hydrogen-bond acceptors (Lipinski definition) is 6. The van der Waals surface area contributed by atoms with E-state index in [1.54, 1.807) is 36.4 Å². The van der Waals surface area contributed by atoms with E-state index in [1.807, 2.05) is 18.2 Å². The molecule has 8 heteroatoms. The molecule has 0 spiro atoms. The van der Waals surface area contributed by atoms with Gasteiger partial charge in [-0.2, -0.15) is 0 Å². The van der Waals surface area contributed by atoms with Gasteiger partial charge in [-0.15, -0.1) is 16.4 Å². The van der Waals surface area contributed by atoms with E-state index >= 15 is 0 Å². The standard InChI is InChI=1S/C19H19N5O2S/c1-23-7-6-12-15(9-23)27-19-16(12)18-21-17(22-24(18)10-20-19)11-4-5-13(25-2)14(8-11)26-3/h4-5,8,10H,6-7,9H2,1-3H3/p+1. The summed E-state index contributed by atoms with van der Waals surface area (Å²) in [6.07, 6.45) is 2.81. The van der Waals surface area contributed by atoms with Gasteiger partial charge in [0.1, 0.15) is 17.7 Å². The van der Waals surface area contributed by atoms with Crippen molar-refractivity contribution in [3.8, 4) is 22.9 Å². The Bertz CT molecular complexity index is 1170. The van der Waals surface area contributed by atoms with E-state index in [0.717, 1.165) is 40.9 Å². The highest BCUT2D eigenvalue weighted by atomic mass is 32.1. The monoisotopic (exact) mass is 382 g/mol. The molecule has 0 bridgehead atoms. The van der Waals surface area contributed by atoms with Crippen LogP contribution in [0.4, 0.5) is 0 Å². The zero-order valence-electron chi connectivity index (χ0n) is 15.4. The molecule has 4 aromatic rings. The van der Waals surface area contributed by atoms with Gasteiger partial charge in [-0.3, -0.25) is 0 Å². The quantitative estimate of drug-likeness (QED) is 0.583. The molecule has 3 aromatic heterocycles. The van der Waals surface area contributed by atoms with Gasteiger partial charge in [0.05, 0.1) is 38.1 Å². The number of fused-ring (bicyclic) bond motifs is 5. The predicted molar refractivity (Wildman–Crippen MR) is 104 cm³/mol. The van der Waals surface area contributed by atoms with Crippen LogP contribution >= 0.6 is 11.3 Å². The number of nitrogens with zero attached hydrogens (tertiary/aromatic N) is 4. The van der Waals surface area contributed by atoms with Crippen LogP contribution in [-0.4, -0.2) is 47.4 Å². The summed E-state index contributed by atoms with van der Waals surface area (Å²) in [7, 11) is 5.49. The normalized spacial score (nSPS) is 16.6. The van der Waals surface area contributed by atoms with E-state index in [2.05, 4.69) is 17.1 Å². The van der Waals surface area contributed by atoms with E-state index in [0.29, 0.717) is 17.3 Å². The molecule has 1 N–H and O–H groups in total. The summed E-state index contributed by atoms with van der Waals surface area (Å²) in [6, 6.07) is 5.72. The smallest absolute Gasteiger partial charge is 0.182 e. The molecule has 0 radical (unpaired) electrons. The Hall–Kier alpha value is -2.71. The summed E-state index contributed by atoms with van der Waals surface area (Å²) in [5.74, 6) is 2.01. The molecule has 1 aromatic carbocycles. The molecular formula is C19H20N5O2S+. The molecule has 27 heavy (non-hydrogen) atoms. The molecule has 5 rings (SSSR count). The molecular weight excluding hydrogens is 362 g/mol. The molecule has 0 saturated heterocycles. The lowest BCUT2D eigenvalue weighted by molar-refractivity contribution is -0.895. The number of quaternary nitrogens is 1. The van der Waals surface area contributed by atoms with Crippen LogP contribution in [0.3, 0.4) is 0 Å². The third kappa shape index (κ3) is 2.55. The Morgan fingerprint density at radius 2 is 2.04 bits per heavy atom. The van der Waals surface area contributed by atoms with Gasteiger partial charge in [-0.25, -0.2) is 14.5 Å². The Balaban J connectivity index is 1.69. The molecule has 4 heterocycles. The molecule has 1 unspecified atom stereocenters. The third-order valence-corrected chi connectivity index (χ3v) is 6.26. The van der Waals surface area contributed by atoms with Gasteiger partial charge in [-0.1, -0.05) is 0 Å². The highest BCUT2D eigenvalue weighted by molar-refractivity contribution is 7.19. The van der Waals surface area contributed by atoms with Crippen LogP contribution in [0, 0.1) is 0 Å². The zero-order chi connectivity index (χ0) is 18.5. The average Bonchev–Trinajstić information content (AvgIpc) is 3.27. The Morgan fingerprint density at radius 1 is 1.19 bits per heavy atom. The molecule has 1 aliphatic heterocycles. The van der Waals surface area contributed by atoms with Gasteiger partial charge in [0.25, 0.3) is 0 Å². The number of likely N-dealkylation sites (N-methyl/N-ethyl adjacent to an activating group) is 1. The number of hydrogen-bond donors (Lipinski definition) is 1. The molecule has 0 fully saturated rings. The molecule has 0 aliphatic carbocycles. The van der Waals surface area contributed by atoms with Crippen molar-refractivity contribution in [2.45, 2.75) is 13.0 Å². The van der Waals surface area contributed by atoms with Crippen molar-refractivity contribution in [3.05, 3.63) is 35.0 Å². The summed E-state index contributed by atoms with van der Waals surface area (Å²) in [5, 5.41) is 5.81. The Kier molecular flexibility index (Phi) is 3.76.